The first-order valence-electron chi connectivity index (χ1n) is 19.0. The summed E-state index contributed by atoms with van der Waals surface area (Å²) in [5, 5.41) is 3.30. The second-order valence-electron chi connectivity index (χ2n) is 14.3. The van der Waals surface area contributed by atoms with Crippen molar-refractivity contribution in [2.24, 2.45) is 0 Å². The molecule has 1 nitrogen and oxygen atoms in total. The molecular formula is C54H37OP. The number of rotatable bonds is 7. The lowest BCUT2D eigenvalue weighted by Gasteiger charge is -2.15. The fourth-order valence-electron chi connectivity index (χ4n) is 8.00. The third-order valence-electron chi connectivity index (χ3n) is 10.8. The van der Waals surface area contributed by atoms with Crippen molar-refractivity contribution in [2.45, 2.75) is 0 Å². The zero-order chi connectivity index (χ0) is 37.4. The topological polar surface area (TPSA) is 13.1 Å². The van der Waals surface area contributed by atoms with Crippen molar-refractivity contribution in [3.05, 3.63) is 212 Å². The van der Waals surface area contributed by atoms with Gasteiger partial charge in [0, 0.05) is 16.3 Å². The van der Waals surface area contributed by atoms with E-state index in [1.165, 1.54) is 50.1 Å². The van der Waals surface area contributed by atoms with E-state index in [0.717, 1.165) is 55.1 Å². The molecule has 0 aliphatic carbocycles. The zero-order valence-corrected chi connectivity index (χ0v) is 31.8. The van der Waals surface area contributed by atoms with Gasteiger partial charge in [-0.15, -0.1) is 9.24 Å². The maximum Gasteiger partial charge on any atom is 0.143 e. The Morgan fingerprint density at radius 2 is 0.661 bits per heavy atom. The molecule has 0 amide bonds. The largest absolute Gasteiger partial charge is 0.455 e. The zero-order valence-electron chi connectivity index (χ0n) is 30.7. The summed E-state index contributed by atoms with van der Waals surface area (Å²) in [5.41, 5.74) is 18.1. The molecule has 0 N–H and O–H groups in total. The van der Waals surface area contributed by atoms with Crippen molar-refractivity contribution in [3.63, 3.8) is 0 Å². The van der Waals surface area contributed by atoms with Gasteiger partial charge in [0.05, 0.1) is 0 Å². The molecule has 1 atom stereocenters. The van der Waals surface area contributed by atoms with Crippen LogP contribution in [0.1, 0.15) is 0 Å². The van der Waals surface area contributed by atoms with E-state index >= 15 is 0 Å². The average molecular weight is 733 g/mol. The van der Waals surface area contributed by atoms with Gasteiger partial charge in [-0.05, 0) is 120 Å². The van der Waals surface area contributed by atoms with Crippen LogP contribution in [0.15, 0.2) is 217 Å². The normalized spacial score (nSPS) is 11.3. The van der Waals surface area contributed by atoms with Crippen LogP contribution in [-0.4, -0.2) is 0 Å². The van der Waals surface area contributed by atoms with Gasteiger partial charge in [-0.1, -0.05) is 170 Å². The number of hydrogen-bond donors (Lipinski definition) is 0. The number of benzene rings is 9. The SMILES string of the molecule is Pc1c(-c2cccc(-c3cccc(-c4ccccc4)c3)c2)cc2c(oc3ccc(-c4cccc(-c5ccccc5)c4)cc32)c1-c1cccc(-c2ccccc2)c1. The van der Waals surface area contributed by atoms with Gasteiger partial charge < -0.3 is 4.42 Å². The third-order valence-corrected chi connectivity index (χ3v) is 11.4. The third kappa shape index (κ3) is 6.33. The Kier molecular flexibility index (Phi) is 8.71. The lowest BCUT2D eigenvalue weighted by molar-refractivity contribution is 0.670. The van der Waals surface area contributed by atoms with Crippen molar-refractivity contribution in [3.8, 4) is 77.9 Å². The van der Waals surface area contributed by atoms with Crippen LogP contribution in [0.5, 0.6) is 0 Å². The standard InChI is InChI=1S/C54H37OP/c56-54-48(46-26-12-25-44(32-46)42-23-10-20-39(30-42)36-14-4-1-5-15-36)35-50-49-34-45(43-24-11-21-40(31-43)37-16-6-2-7-17-37)28-29-51(49)55-53(50)52(54)47-27-13-22-41(33-47)38-18-8-3-9-19-38/h1-35H,56H2. The van der Waals surface area contributed by atoms with Gasteiger partial charge in [0.25, 0.3) is 0 Å². The minimum absolute atomic E-state index is 0.872. The van der Waals surface area contributed by atoms with Crippen molar-refractivity contribution in [1.29, 1.82) is 0 Å². The summed E-state index contributed by atoms with van der Waals surface area (Å²) in [6, 6.07) is 76.1. The Balaban J connectivity index is 1.16. The second-order valence-corrected chi connectivity index (χ2v) is 14.9. The average Bonchev–Trinajstić information content (AvgIpc) is 3.64. The Morgan fingerprint density at radius 1 is 0.286 bits per heavy atom. The van der Waals surface area contributed by atoms with E-state index in [4.69, 9.17) is 4.42 Å². The fourth-order valence-corrected chi connectivity index (χ4v) is 8.55. The van der Waals surface area contributed by atoms with E-state index < -0.39 is 0 Å². The molecule has 0 aliphatic heterocycles. The molecule has 0 fully saturated rings. The van der Waals surface area contributed by atoms with E-state index in [1.807, 2.05) is 0 Å². The first kappa shape index (κ1) is 33.8. The van der Waals surface area contributed by atoms with Crippen LogP contribution in [0.4, 0.5) is 0 Å². The molecule has 10 aromatic rings. The van der Waals surface area contributed by atoms with E-state index in [0.29, 0.717) is 0 Å². The molecule has 0 radical (unpaired) electrons. The summed E-state index contributed by atoms with van der Waals surface area (Å²) in [4.78, 5) is 0. The lowest BCUT2D eigenvalue weighted by atomic mass is 9.91. The smallest absolute Gasteiger partial charge is 0.143 e. The predicted octanol–water partition coefficient (Wildman–Crippen LogP) is 14.8. The molecule has 9 aromatic carbocycles. The highest BCUT2D eigenvalue weighted by molar-refractivity contribution is 7.28. The molecule has 1 heterocycles. The van der Waals surface area contributed by atoms with Crippen LogP contribution >= 0.6 is 9.24 Å². The summed E-state index contributed by atoms with van der Waals surface area (Å²) in [5.74, 6) is 0. The van der Waals surface area contributed by atoms with Crippen molar-refractivity contribution >= 4 is 36.5 Å². The molecule has 264 valence electrons. The molecule has 0 aliphatic rings. The quantitative estimate of drug-likeness (QED) is 0.149. The van der Waals surface area contributed by atoms with Gasteiger partial charge in [-0.2, -0.15) is 0 Å². The van der Waals surface area contributed by atoms with Crippen LogP contribution in [-0.2, 0) is 0 Å². The highest BCUT2D eigenvalue weighted by Crippen LogP contribution is 2.42. The van der Waals surface area contributed by atoms with E-state index in [2.05, 4.69) is 222 Å². The highest BCUT2D eigenvalue weighted by atomic mass is 31.0. The maximum absolute atomic E-state index is 6.87. The minimum atomic E-state index is 0.872. The Labute approximate surface area is 329 Å². The molecule has 10 rings (SSSR count). The lowest BCUT2D eigenvalue weighted by Crippen LogP contribution is -2.03. The minimum Gasteiger partial charge on any atom is -0.455 e. The molecule has 56 heavy (non-hydrogen) atoms. The van der Waals surface area contributed by atoms with Crippen molar-refractivity contribution < 1.29 is 4.42 Å². The van der Waals surface area contributed by atoms with E-state index in [1.54, 1.807) is 0 Å². The van der Waals surface area contributed by atoms with Gasteiger partial charge in [0.1, 0.15) is 11.2 Å². The number of furan rings is 1. The summed E-state index contributed by atoms with van der Waals surface area (Å²) < 4.78 is 6.87. The highest BCUT2D eigenvalue weighted by Gasteiger charge is 2.21. The molecule has 0 bridgehead atoms. The molecule has 0 spiro atoms. The summed E-state index contributed by atoms with van der Waals surface area (Å²) in [6.45, 7) is 0. The van der Waals surface area contributed by atoms with E-state index in [9.17, 15) is 0 Å². The number of fused-ring (bicyclic) bond motifs is 3. The molecule has 0 saturated heterocycles. The summed E-state index contributed by atoms with van der Waals surface area (Å²) in [6.07, 6.45) is 0. The molecule has 0 saturated carbocycles. The van der Waals surface area contributed by atoms with E-state index in [-0.39, 0.29) is 0 Å². The first-order valence-corrected chi connectivity index (χ1v) is 19.6. The maximum atomic E-state index is 6.87. The summed E-state index contributed by atoms with van der Waals surface area (Å²) in [7, 11) is 3.10. The van der Waals surface area contributed by atoms with Crippen molar-refractivity contribution in [2.75, 3.05) is 0 Å². The van der Waals surface area contributed by atoms with Crippen LogP contribution in [0.3, 0.4) is 0 Å². The van der Waals surface area contributed by atoms with Crippen LogP contribution in [0.25, 0.3) is 99.8 Å². The van der Waals surface area contributed by atoms with Crippen LogP contribution < -0.4 is 5.30 Å². The predicted molar refractivity (Wildman–Crippen MR) is 241 cm³/mol. The Bertz CT molecular complexity index is 3020. The molecule has 1 unspecified atom stereocenters. The van der Waals surface area contributed by atoms with Gasteiger partial charge in [-0.25, -0.2) is 0 Å². The second kappa shape index (κ2) is 14.5. The van der Waals surface area contributed by atoms with Gasteiger partial charge in [0.15, 0.2) is 0 Å². The number of hydrogen-bond acceptors (Lipinski definition) is 1. The molecule has 2 heteroatoms. The summed E-state index contributed by atoms with van der Waals surface area (Å²) >= 11 is 0. The monoisotopic (exact) mass is 732 g/mol. The molecule has 1 aromatic heterocycles. The van der Waals surface area contributed by atoms with Crippen LogP contribution in [0, 0.1) is 0 Å². The first-order chi connectivity index (χ1) is 27.7. The van der Waals surface area contributed by atoms with Crippen LogP contribution in [0.2, 0.25) is 0 Å². The Hall–Kier alpha value is -6.79. The fraction of sp³-hybridized carbons (Fsp3) is 0. The Morgan fingerprint density at radius 3 is 1.16 bits per heavy atom. The van der Waals surface area contributed by atoms with Crippen molar-refractivity contribution in [1.82, 2.24) is 0 Å². The van der Waals surface area contributed by atoms with Gasteiger partial charge in [0.2, 0.25) is 0 Å². The van der Waals surface area contributed by atoms with Gasteiger partial charge >= 0.3 is 0 Å². The van der Waals surface area contributed by atoms with Gasteiger partial charge in [-0.3, -0.25) is 0 Å². The molecular weight excluding hydrogens is 696 g/mol.